The molecule has 0 radical (unpaired) electrons. The van der Waals surface area contributed by atoms with E-state index in [4.69, 9.17) is 4.74 Å². The minimum Gasteiger partial charge on any atom is -0.453 e. The maximum Gasteiger partial charge on any atom is 0.409 e. The molecule has 1 aromatic carbocycles. The Labute approximate surface area is 200 Å². The van der Waals surface area contributed by atoms with Gasteiger partial charge in [0, 0.05) is 50.1 Å². The molecule has 190 valence electrons. The Morgan fingerprint density at radius 1 is 1.31 bits per heavy atom. The molecule has 12 heteroatoms. The van der Waals surface area contributed by atoms with Crippen LogP contribution in [0.25, 0.3) is 11.3 Å². The molecule has 2 fully saturated rings. The summed E-state index contributed by atoms with van der Waals surface area (Å²) in [6.07, 6.45) is -1.74. The molecule has 3 heterocycles. The monoisotopic (exact) mass is 495 g/mol. The molecular formula is C23H28F3N5O4. The second-order valence-corrected chi connectivity index (χ2v) is 8.99. The van der Waals surface area contributed by atoms with Crippen molar-refractivity contribution in [2.24, 2.45) is 11.8 Å². The molecule has 2 aromatic rings. The molecule has 9 nitrogen and oxygen atoms in total. The lowest BCUT2D eigenvalue weighted by molar-refractivity contribution is -0.146. The van der Waals surface area contributed by atoms with Gasteiger partial charge in [-0.05, 0) is 25.1 Å². The number of carbonyl (C=O) groups excluding carboxylic acids is 2. The Kier molecular flexibility index (Phi) is 7.31. The summed E-state index contributed by atoms with van der Waals surface area (Å²) in [5, 5.41) is 13.1. The van der Waals surface area contributed by atoms with E-state index in [0.29, 0.717) is 6.54 Å². The van der Waals surface area contributed by atoms with E-state index in [1.54, 1.807) is 0 Å². The number of methoxy groups -OCH3 is 1. The molecule has 35 heavy (non-hydrogen) atoms. The topological polar surface area (TPSA) is 111 Å². The number of halogens is 3. The van der Waals surface area contributed by atoms with Crippen molar-refractivity contribution >= 4 is 12.0 Å². The molecular weight excluding hydrogens is 467 g/mol. The van der Waals surface area contributed by atoms with Crippen LogP contribution >= 0.6 is 0 Å². The van der Waals surface area contributed by atoms with Gasteiger partial charge in [-0.2, -0.15) is 0 Å². The second-order valence-electron chi connectivity index (χ2n) is 8.99. The molecule has 2 aliphatic rings. The summed E-state index contributed by atoms with van der Waals surface area (Å²) in [6.45, 7) is 2.30. The van der Waals surface area contributed by atoms with Crippen LogP contribution in [0.2, 0.25) is 0 Å². The molecule has 0 bridgehead atoms. The molecule has 2 amide bonds. The highest BCUT2D eigenvalue weighted by Gasteiger charge is 2.45. The normalized spacial score (nSPS) is 21.9. The van der Waals surface area contributed by atoms with Crippen LogP contribution < -0.4 is 5.32 Å². The number of ether oxygens (including phenoxy) is 1. The number of aromatic nitrogens is 2. The first-order valence-corrected chi connectivity index (χ1v) is 11.4. The Balaban J connectivity index is 1.70. The van der Waals surface area contributed by atoms with Crippen molar-refractivity contribution in [3.8, 4) is 11.3 Å². The van der Waals surface area contributed by atoms with Gasteiger partial charge in [0.15, 0.2) is 0 Å². The zero-order chi connectivity index (χ0) is 25.3. The van der Waals surface area contributed by atoms with Gasteiger partial charge in [-0.25, -0.2) is 22.9 Å². The lowest BCUT2D eigenvalue weighted by atomic mass is 9.88. The number of hydrogen-bond donors (Lipinski definition) is 3. The van der Waals surface area contributed by atoms with Gasteiger partial charge in [-0.1, -0.05) is 0 Å². The minimum atomic E-state index is -1.36. The van der Waals surface area contributed by atoms with Crippen molar-refractivity contribution in [3.05, 3.63) is 41.9 Å². The van der Waals surface area contributed by atoms with Gasteiger partial charge < -0.3 is 29.9 Å². The smallest absolute Gasteiger partial charge is 0.409 e. The summed E-state index contributed by atoms with van der Waals surface area (Å²) < 4.78 is 47.3. The second kappa shape index (κ2) is 10.2. The molecule has 4 unspecified atom stereocenters. The van der Waals surface area contributed by atoms with Crippen molar-refractivity contribution in [1.82, 2.24) is 25.1 Å². The number of aliphatic hydroxyl groups excluding tert-OH is 1. The lowest BCUT2D eigenvalue weighted by Crippen LogP contribution is -2.57. The first-order valence-electron chi connectivity index (χ1n) is 11.4. The van der Waals surface area contributed by atoms with Gasteiger partial charge in [-0.15, -0.1) is 0 Å². The van der Waals surface area contributed by atoms with Gasteiger partial charge in [0.05, 0.1) is 25.0 Å². The zero-order valence-electron chi connectivity index (χ0n) is 19.4. The lowest BCUT2D eigenvalue weighted by Gasteiger charge is -2.46. The number of benzene rings is 1. The summed E-state index contributed by atoms with van der Waals surface area (Å²) in [6, 6.07) is 2.25. The van der Waals surface area contributed by atoms with E-state index in [-0.39, 0.29) is 49.2 Å². The van der Waals surface area contributed by atoms with Crippen LogP contribution in [-0.4, -0.2) is 89.0 Å². The fourth-order valence-corrected chi connectivity index (χ4v) is 4.66. The molecule has 0 aliphatic carbocycles. The molecule has 4 atom stereocenters. The van der Waals surface area contributed by atoms with Crippen LogP contribution in [0.5, 0.6) is 0 Å². The number of rotatable bonds is 7. The summed E-state index contributed by atoms with van der Waals surface area (Å²) in [5.41, 5.74) is 0.158. The van der Waals surface area contributed by atoms with Crippen LogP contribution in [0.1, 0.15) is 18.8 Å². The standard InChI is InChI=1S/C23H28F3N5O4/c1-12(32)22(33)31(11-13-6-27-7-18(13)26)20(14-9-30(10-14)23(34)35-2)21-28-8-19(29-21)16-5-15(24)3-4-17(16)25/h3-5,8,12-14,18,20,27,32H,6-7,9-11H2,1-2H3,(H,28,29). The fourth-order valence-electron chi connectivity index (χ4n) is 4.66. The minimum absolute atomic E-state index is 0.00164. The molecule has 0 saturated carbocycles. The average molecular weight is 496 g/mol. The van der Waals surface area contributed by atoms with Crippen LogP contribution in [0, 0.1) is 23.5 Å². The van der Waals surface area contributed by atoms with Crippen LogP contribution in [0.4, 0.5) is 18.0 Å². The molecule has 1 aromatic heterocycles. The van der Waals surface area contributed by atoms with Gasteiger partial charge in [0.1, 0.15) is 29.7 Å². The number of aromatic amines is 1. The third-order valence-corrected chi connectivity index (χ3v) is 6.55. The quantitative estimate of drug-likeness (QED) is 0.541. The van der Waals surface area contributed by atoms with Gasteiger partial charge in [0.25, 0.3) is 5.91 Å². The molecule has 3 N–H and O–H groups in total. The summed E-state index contributed by atoms with van der Waals surface area (Å²) in [7, 11) is 1.26. The zero-order valence-corrected chi connectivity index (χ0v) is 19.4. The number of nitrogens with one attached hydrogen (secondary N) is 2. The summed E-state index contributed by atoms with van der Waals surface area (Å²) in [5.74, 6) is -2.48. The van der Waals surface area contributed by atoms with Gasteiger partial charge in [0.2, 0.25) is 0 Å². The number of imidazole rings is 1. The first-order chi connectivity index (χ1) is 16.7. The van der Waals surface area contributed by atoms with Crippen molar-refractivity contribution in [1.29, 1.82) is 0 Å². The Morgan fingerprint density at radius 2 is 2.06 bits per heavy atom. The number of likely N-dealkylation sites (tertiary alicyclic amines) is 1. The fraction of sp³-hybridized carbons (Fsp3) is 0.522. The van der Waals surface area contributed by atoms with Crippen LogP contribution in [0.15, 0.2) is 24.4 Å². The number of H-pyrrole nitrogens is 1. The van der Waals surface area contributed by atoms with E-state index in [1.807, 2.05) is 0 Å². The summed E-state index contributed by atoms with van der Waals surface area (Å²) >= 11 is 0. The Hall–Kier alpha value is -3.12. The first kappa shape index (κ1) is 25.0. The van der Waals surface area contributed by atoms with Crippen molar-refractivity contribution < 1.29 is 32.6 Å². The number of alkyl halides is 1. The highest BCUT2D eigenvalue weighted by atomic mass is 19.1. The van der Waals surface area contributed by atoms with Crippen LogP contribution in [-0.2, 0) is 9.53 Å². The number of hydrogen-bond acceptors (Lipinski definition) is 6. The van der Waals surface area contributed by atoms with Crippen molar-refractivity contribution in [2.75, 3.05) is 39.8 Å². The van der Waals surface area contributed by atoms with Crippen molar-refractivity contribution in [2.45, 2.75) is 25.2 Å². The van der Waals surface area contributed by atoms with E-state index in [0.717, 1.165) is 18.2 Å². The number of amides is 2. The number of nitrogens with zero attached hydrogens (tertiary/aromatic N) is 3. The van der Waals surface area contributed by atoms with Crippen molar-refractivity contribution in [3.63, 3.8) is 0 Å². The Morgan fingerprint density at radius 3 is 2.69 bits per heavy atom. The third-order valence-electron chi connectivity index (χ3n) is 6.55. The SMILES string of the molecule is COC(=O)N1CC(C(c2ncc(-c3cc(F)ccc3F)[nH]2)N(CC2CNCC2F)C(=O)C(C)O)C1. The molecule has 0 spiro atoms. The van der Waals surface area contributed by atoms with Gasteiger partial charge >= 0.3 is 6.09 Å². The van der Waals surface area contributed by atoms with E-state index in [1.165, 1.54) is 30.0 Å². The summed E-state index contributed by atoms with van der Waals surface area (Å²) in [4.78, 5) is 35.2. The maximum absolute atomic E-state index is 14.5. The molecule has 2 saturated heterocycles. The Bertz CT molecular complexity index is 1080. The number of aliphatic hydroxyl groups is 1. The van der Waals surface area contributed by atoms with Crippen LogP contribution in [0.3, 0.4) is 0 Å². The average Bonchev–Trinajstić information content (AvgIpc) is 3.44. The highest BCUT2D eigenvalue weighted by Crippen LogP contribution is 2.37. The van der Waals surface area contributed by atoms with E-state index in [9.17, 15) is 27.9 Å². The van der Waals surface area contributed by atoms with E-state index >= 15 is 0 Å². The maximum atomic E-state index is 14.5. The van der Waals surface area contributed by atoms with E-state index in [2.05, 4.69) is 15.3 Å². The molecule has 4 rings (SSSR count). The predicted octanol–water partition coefficient (Wildman–Crippen LogP) is 1.86. The third kappa shape index (κ3) is 5.13. The predicted molar refractivity (Wildman–Crippen MR) is 119 cm³/mol. The number of carbonyl (C=O) groups is 2. The van der Waals surface area contributed by atoms with Gasteiger partial charge in [-0.3, -0.25) is 4.79 Å². The largest absolute Gasteiger partial charge is 0.453 e. The van der Waals surface area contributed by atoms with E-state index < -0.39 is 47.9 Å². The highest BCUT2D eigenvalue weighted by molar-refractivity contribution is 5.81. The molecule has 2 aliphatic heterocycles.